The molecule has 4 heterocycles. The summed E-state index contributed by atoms with van der Waals surface area (Å²) in [6.07, 6.45) is 7.71. The molecule has 1 unspecified atom stereocenters. The van der Waals surface area contributed by atoms with Crippen LogP contribution in [0.25, 0.3) is 27.8 Å². The molecule has 1 aliphatic carbocycles. The Balaban J connectivity index is 1.48. The lowest BCUT2D eigenvalue weighted by Gasteiger charge is -2.08. The Morgan fingerprint density at radius 3 is 2.77 bits per heavy atom. The predicted octanol–water partition coefficient (Wildman–Crippen LogP) is 2.59. The van der Waals surface area contributed by atoms with Crippen molar-refractivity contribution in [2.24, 2.45) is 0 Å². The van der Waals surface area contributed by atoms with Crippen LogP contribution >= 0.6 is 0 Å². The molecule has 1 aromatic carbocycles. The van der Waals surface area contributed by atoms with Gasteiger partial charge in [0.05, 0.1) is 16.8 Å². The van der Waals surface area contributed by atoms with E-state index in [1.165, 1.54) is 17.1 Å². The Labute approximate surface area is 169 Å². The second-order valence-electron chi connectivity index (χ2n) is 7.53. The van der Waals surface area contributed by atoms with Crippen molar-refractivity contribution in [3.05, 3.63) is 93.2 Å². The second-order valence-corrected chi connectivity index (χ2v) is 7.53. The van der Waals surface area contributed by atoms with Crippen LogP contribution in [-0.4, -0.2) is 29.5 Å². The Hall–Kier alpha value is -4.07. The second kappa shape index (κ2) is 6.21. The third kappa shape index (κ3) is 2.57. The molecule has 4 aromatic heterocycles. The van der Waals surface area contributed by atoms with E-state index in [0.717, 1.165) is 23.1 Å². The summed E-state index contributed by atoms with van der Waals surface area (Å²) < 4.78 is 1.69. The number of hydrogen-bond donors (Lipinski definition) is 2. The van der Waals surface area contributed by atoms with Gasteiger partial charge in [-0.1, -0.05) is 18.2 Å². The lowest BCUT2D eigenvalue weighted by Crippen LogP contribution is -2.23. The van der Waals surface area contributed by atoms with E-state index in [1.807, 2.05) is 30.5 Å². The number of nitrogens with zero attached hydrogens (tertiary/aromatic N) is 4. The molecule has 0 saturated heterocycles. The normalized spacial score (nSPS) is 18.1. The minimum Gasteiger partial charge on any atom is -0.313 e. The minimum absolute atomic E-state index is 0.268. The highest BCUT2D eigenvalue weighted by Crippen LogP contribution is 2.56. The van der Waals surface area contributed by atoms with Crippen LogP contribution in [0.1, 0.15) is 29.4 Å². The van der Waals surface area contributed by atoms with Gasteiger partial charge in [0, 0.05) is 35.7 Å². The summed E-state index contributed by atoms with van der Waals surface area (Å²) in [4.78, 5) is 37.4. The zero-order chi connectivity index (χ0) is 20.2. The zero-order valence-corrected chi connectivity index (χ0v) is 15.7. The van der Waals surface area contributed by atoms with Crippen LogP contribution in [0.3, 0.4) is 0 Å². The van der Waals surface area contributed by atoms with Gasteiger partial charge in [-0.25, -0.2) is 14.3 Å². The number of rotatable bonds is 3. The predicted molar refractivity (Wildman–Crippen MR) is 112 cm³/mol. The first-order chi connectivity index (χ1) is 14.7. The molecule has 6 rings (SSSR count). The molecule has 2 atom stereocenters. The van der Waals surface area contributed by atoms with E-state index in [-0.39, 0.29) is 5.92 Å². The van der Waals surface area contributed by atoms with Gasteiger partial charge in [0.2, 0.25) is 0 Å². The molecule has 0 amide bonds. The van der Waals surface area contributed by atoms with Crippen molar-refractivity contribution in [1.29, 1.82) is 0 Å². The summed E-state index contributed by atoms with van der Waals surface area (Å²) in [5, 5.41) is 5.68. The third-order valence-corrected chi connectivity index (χ3v) is 5.75. The summed E-state index contributed by atoms with van der Waals surface area (Å²) in [5.74, 6) is 0.617. The molecule has 8 nitrogen and oxygen atoms in total. The Bertz CT molecular complexity index is 1540. The van der Waals surface area contributed by atoms with E-state index in [2.05, 4.69) is 37.2 Å². The van der Waals surface area contributed by atoms with Crippen LogP contribution in [0, 0.1) is 0 Å². The highest BCUT2D eigenvalue weighted by Gasteiger charge is 2.42. The average Bonchev–Trinajstić information content (AvgIpc) is 3.40. The summed E-state index contributed by atoms with van der Waals surface area (Å²) in [7, 11) is 0. The Kier molecular flexibility index (Phi) is 3.49. The SMILES string of the molecule is O=c1[nH]cc(-c2cc(C3C[C@@H]3c3ccnc4ccccc34)c3nccn3n2)c(=O)[nH]1. The van der Waals surface area contributed by atoms with Crippen LogP contribution in [-0.2, 0) is 0 Å². The van der Waals surface area contributed by atoms with Crippen molar-refractivity contribution in [2.45, 2.75) is 18.3 Å². The number of aromatic amines is 2. The molecule has 0 bridgehead atoms. The monoisotopic (exact) mass is 396 g/mol. The van der Waals surface area contributed by atoms with Crippen LogP contribution in [0.15, 0.2) is 70.8 Å². The highest BCUT2D eigenvalue weighted by molar-refractivity contribution is 5.83. The number of benzene rings is 1. The standard InChI is InChI=1S/C22H16N6O2/c29-21-17(11-25-22(30)26-21)19-10-16(20-24-7-8-28(20)27-19)15-9-14(15)12-5-6-23-18-4-2-1-3-13(12)18/h1-8,10-11,14-15H,9H2,(H2,25,26,29,30)/t14-,15?/m1/s1. The van der Waals surface area contributed by atoms with Gasteiger partial charge in [-0.05, 0) is 42.0 Å². The van der Waals surface area contributed by atoms with Crippen LogP contribution in [0.2, 0.25) is 0 Å². The van der Waals surface area contributed by atoms with Gasteiger partial charge in [0.1, 0.15) is 0 Å². The first-order valence-corrected chi connectivity index (χ1v) is 9.69. The number of aromatic nitrogens is 6. The van der Waals surface area contributed by atoms with Gasteiger partial charge in [0.15, 0.2) is 5.65 Å². The fourth-order valence-electron chi connectivity index (χ4n) is 4.27. The van der Waals surface area contributed by atoms with E-state index in [9.17, 15) is 9.59 Å². The summed E-state index contributed by atoms with van der Waals surface area (Å²) in [5.41, 5.74) is 3.89. The maximum atomic E-state index is 12.3. The van der Waals surface area contributed by atoms with E-state index < -0.39 is 11.2 Å². The van der Waals surface area contributed by atoms with Gasteiger partial charge in [-0.2, -0.15) is 5.10 Å². The van der Waals surface area contributed by atoms with Gasteiger partial charge < -0.3 is 4.98 Å². The first kappa shape index (κ1) is 16.8. The summed E-state index contributed by atoms with van der Waals surface area (Å²) >= 11 is 0. The molecule has 0 spiro atoms. The van der Waals surface area contributed by atoms with Gasteiger partial charge in [-0.15, -0.1) is 0 Å². The van der Waals surface area contributed by atoms with Crippen LogP contribution < -0.4 is 11.2 Å². The van der Waals surface area contributed by atoms with Crippen LogP contribution in [0.4, 0.5) is 0 Å². The largest absolute Gasteiger partial charge is 0.325 e. The third-order valence-electron chi connectivity index (χ3n) is 5.75. The van der Waals surface area contributed by atoms with E-state index in [4.69, 9.17) is 0 Å². The van der Waals surface area contributed by atoms with Gasteiger partial charge >= 0.3 is 5.69 Å². The summed E-state index contributed by atoms with van der Waals surface area (Å²) in [6, 6.07) is 12.2. The number of nitrogens with one attached hydrogen (secondary N) is 2. The fourth-order valence-corrected chi connectivity index (χ4v) is 4.27. The van der Waals surface area contributed by atoms with Crippen molar-refractivity contribution in [2.75, 3.05) is 0 Å². The Morgan fingerprint density at radius 1 is 1.00 bits per heavy atom. The van der Waals surface area contributed by atoms with Gasteiger partial charge in [-0.3, -0.25) is 14.8 Å². The fraction of sp³-hybridized carbons (Fsp3) is 0.136. The molecule has 1 fully saturated rings. The zero-order valence-electron chi connectivity index (χ0n) is 15.7. The average molecular weight is 396 g/mol. The highest BCUT2D eigenvalue weighted by atomic mass is 16.2. The molecule has 0 aliphatic heterocycles. The number of imidazole rings is 1. The maximum Gasteiger partial charge on any atom is 0.325 e. The van der Waals surface area contributed by atoms with E-state index in [0.29, 0.717) is 17.2 Å². The van der Waals surface area contributed by atoms with Crippen molar-refractivity contribution >= 4 is 16.6 Å². The molecular formula is C22H16N6O2. The van der Waals surface area contributed by atoms with E-state index >= 15 is 0 Å². The van der Waals surface area contributed by atoms with Crippen molar-refractivity contribution in [1.82, 2.24) is 29.5 Å². The molecule has 0 radical (unpaired) electrons. The number of hydrogen-bond acceptors (Lipinski definition) is 5. The molecule has 1 saturated carbocycles. The Morgan fingerprint density at radius 2 is 1.87 bits per heavy atom. The first-order valence-electron chi connectivity index (χ1n) is 9.69. The number of para-hydroxylation sites is 1. The summed E-state index contributed by atoms with van der Waals surface area (Å²) in [6.45, 7) is 0. The lowest BCUT2D eigenvalue weighted by atomic mass is 10.0. The van der Waals surface area contributed by atoms with Crippen LogP contribution in [0.5, 0.6) is 0 Å². The maximum absolute atomic E-state index is 12.3. The van der Waals surface area contributed by atoms with Crippen molar-refractivity contribution in [3.8, 4) is 11.3 Å². The molecule has 8 heteroatoms. The molecule has 2 N–H and O–H groups in total. The molecule has 1 aliphatic rings. The number of pyridine rings is 1. The van der Waals surface area contributed by atoms with Crippen molar-refractivity contribution in [3.63, 3.8) is 0 Å². The number of fused-ring (bicyclic) bond motifs is 2. The quantitative estimate of drug-likeness (QED) is 0.487. The number of H-pyrrole nitrogens is 2. The lowest BCUT2D eigenvalue weighted by molar-refractivity contribution is 0.906. The smallest absolute Gasteiger partial charge is 0.313 e. The molecule has 5 aromatic rings. The van der Waals surface area contributed by atoms with E-state index in [1.54, 1.807) is 16.9 Å². The van der Waals surface area contributed by atoms with Gasteiger partial charge in [0.25, 0.3) is 5.56 Å². The molecule has 30 heavy (non-hydrogen) atoms. The molecule has 146 valence electrons. The molecular weight excluding hydrogens is 380 g/mol. The topological polar surface area (TPSA) is 109 Å². The minimum atomic E-state index is -0.542. The van der Waals surface area contributed by atoms with Crippen molar-refractivity contribution < 1.29 is 0 Å².